The highest BCUT2D eigenvalue weighted by molar-refractivity contribution is 9.10. The van der Waals surface area contributed by atoms with Gasteiger partial charge in [0.15, 0.2) is 0 Å². The van der Waals surface area contributed by atoms with Gasteiger partial charge >= 0.3 is 6.09 Å². The number of benzene rings is 1. The van der Waals surface area contributed by atoms with Crippen LogP contribution >= 0.6 is 15.9 Å². The first-order valence-electron chi connectivity index (χ1n) is 11.5. The fourth-order valence-corrected chi connectivity index (χ4v) is 5.38. The number of nitrogens with zero attached hydrogens (tertiary/aromatic N) is 1. The van der Waals surface area contributed by atoms with Crippen molar-refractivity contribution in [3.05, 3.63) is 45.6 Å². The molecule has 6 nitrogen and oxygen atoms in total. The van der Waals surface area contributed by atoms with Crippen LogP contribution in [0.25, 0.3) is 11.3 Å². The fraction of sp³-hybridized carbons (Fsp3) is 0.520. The molecule has 4 rings (SSSR count). The number of aromatic amines is 1. The van der Waals surface area contributed by atoms with Gasteiger partial charge in [0.1, 0.15) is 6.04 Å². The lowest BCUT2D eigenvalue weighted by Gasteiger charge is -2.31. The van der Waals surface area contributed by atoms with Gasteiger partial charge in [-0.15, -0.1) is 0 Å². The summed E-state index contributed by atoms with van der Waals surface area (Å²) in [6.07, 6.45) is 5.81. The van der Waals surface area contributed by atoms with Crippen molar-refractivity contribution in [2.75, 3.05) is 13.7 Å². The van der Waals surface area contributed by atoms with Gasteiger partial charge in [-0.2, -0.15) is 0 Å². The summed E-state index contributed by atoms with van der Waals surface area (Å²) in [6.45, 7) is 4.61. The van der Waals surface area contributed by atoms with Crippen molar-refractivity contribution in [1.82, 2.24) is 15.2 Å². The maximum Gasteiger partial charge on any atom is 0.407 e. The van der Waals surface area contributed by atoms with Crippen LogP contribution in [-0.2, 0) is 22.4 Å². The van der Waals surface area contributed by atoms with Crippen LogP contribution in [0.15, 0.2) is 28.7 Å². The number of alkyl carbamates (subject to hydrolysis) is 1. The van der Waals surface area contributed by atoms with Crippen molar-refractivity contribution < 1.29 is 14.3 Å². The lowest BCUT2D eigenvalue weighted by atomic mass is 9.89. The lowest BCUT2D eigenvalue weighted by Crippen LogP contribution is -2.51. The number of ether oxygens (including phenoxy) is 1. The van der Waals surface area contributed by atoms with E-state index in [9.17, 15) is 9.59 Å². The molecule has 2 aromatic rings. The average molecular weight is 502 g/mol. The van der Waals surface area contributed by atoms with Crippen molar-refractivity contribution in [3.63, 3.8) is 0 Å². The monoisotopic (exact) mass is 501 g/mol. The Bertz CT molecular complexity index is 983. The van der Waals surface area contributed by atoms with Gasteiger partial charge in [0.2, 0.25) is 5.91 Å². The number of hydrogen-bond donors (Lipinski definition) is 2. The minimum absolute atomic E-state index is 0.0132. The molecule has 0 spiro atoms. The van der Waals surface area contributed by atoms with Gasteiger partial charge < -0.3 is 19.9 Å². The molecule has 2 atom stereocenters. The minimum atomic E-state index is -0.597. The highest BCUT2D eigenvalue weighted by atomic mass is 79.9. The molecule has 1 aliphatic carbocycles. The number of H-pyrrole nitrogens is 1. The predicted octanol–water partition coefficient (Wildman–Crippen LogP) is 5.37. The first-order valence-corrected chi connectivity index (χ1v) is 12.3. The number of likely N-dealkylation sites (tertiary alicyclic amines) is 1. The van der Waals surface area contributed by atoms with Gasteiger partial charge in [0.05, 0.1) is 13.2 Å². The second-order valence-corrected chi connectivity index (χ2v) is 10.0. The Morgan fingerprint density at radius 2 is 1.81 bits per heavy atom. The highest BCUT2D eigenvalue weighted by Crippen LogP contribution is 2.41. The number of methoxy groups -OCH3 is 1. The first kappa shape index (κ1) is 22.9. The number of carbonyl (C=O) groups excluding carboxylic acids is 2. The number of halogens is 1. The van der Waals surface area contributed by atoms with Crippen molar-refractivity contribution in [2.24, 2.45) is 5.92 Å². The van der Waals surface area contributed by atoms with Crippen molar-refractivity contribution >= 4 is 27.9 Å². The molecule has 2 heterocycles. The van der Waals surface area contributed by atoms with Gasteiger partial charge in [-0.3, -0.25) is 4.79 Å². The molecule has 2 N–H and O–H groups in total. The summed E-state index contributed by atoms with van der Waals surface area (Å²) < 4.78 is 5.82. The number of aromatic nitrogens is 1. The topological polar surface area (TPSA) is 74.4 Å². The number of amides is 2. The summed E-state index contributed by atoms with van der Waals surface area (Å²) >= 11 is 3.53. The summed E-state index contributed by atoms with van der Waals surface area (Å²) in [5, 5.41) is 2.75. The number of carbonyl (C=O) groups is 2. The zero-order valence-electron chi connectivity index (χ0n) is 19.0. The second kappa shape index (κ2) is 9.69. The van der Waals surface area contributed by atoms with Crippen LogP contribution in [0.3, 0.4) is 0 Å². The minimum Gasteiger partial charge on any atom is -0.453 e. The Morgan fingerprint density at radius 1 is 1.12 bits per heavy atom. The van der Waals surface area contributed by atoms with Crippen molar-refractivity contribution in [2.45, 2.75) is 64.5 Å². The molecule has 7 heteroatoms. The van der Waals surface area contributed by atoms with Gasteiger partial charge in [0.25, 0.3) is 0 Å². The van der Waals surface area contributed by atoms with Crippen LogP contribution < -0.4 is 5.32 Å². The summed E-state index contributed by atoms with van der Waals surface area (Å²) in [4.78, 5) is 31.1. The standard InChI is InChI=1S/C25H32BrN3O3/c1-15(2)21(28-25(31)32-3)24(30)29-14-6-9-20(29)23-19-8-5-4-7-18(19)22(27-23)16-10-12-17(26)13-11-16/h10-13,15,20-21,27H,4-9,14H2,1-3H3,(H,28,31)/t20?,21-/m0/s1. The SMILES string of the molecule is COC(=O)N[C@H](C(=O)N1CCCC1c1[nH]c(-c2ccc(Br)cc2)c2c1CCCC2)C(C)C. The van der Waals surface area contributed by atoms with E-state index in [1.54, 1.807) is 0 Å². The summed E-state index contributed by atoms with van der Waals surface area (Å²) in [7, 11) is 1.32. The Hall–Kier alpha value is -2.28. The third kappa shape index (κ3) is 4.45. The molecular weight excluding hydrogens is 470 g/mol. The van der Waals surface area contributed by atoms with E-state index in [0.717, 1.165) is 30.2 Å². The Morgan fingerprint density at radius 3 is 2.47 bits per heavy atom. The zero-order valence-corrected chi connectivity index (χ0v) is 20.6. The normalized spacial score (nSPS) is 19.0. The third-order valence-electron chi connectivity index (χ3n) is 6.75. The molecule has 0 radical (unpaired) electrons. The molecule has 1 aromatic carbocycles. The van der Waals surface area contributed by atoms with Crippen molar-refractivity contribution in [3.8, 4) is 11.3 Å². The number of nitrogens with one attached hydrogen (secondary N) is 2. The van der Waals surface area contributed by atoms with Gasteiger partial charge in [0, 0.05) is 22.4 Å². The molecule has 1 aliphatic heterocycles. The van der Waals surface area contributed by atoms with E-state index in [1.807, 2.05) is 18.7 Å². The molecule has 1 aromatic heterocycles. The molecular formula is C25H32BrN3O3. The fourth-order valence-electron chi connectivity index (χ4n) is 5.12. The molecule has 2 amide bonds. The van der Waals surface area contributed by atoms with E-state index in [0.29, 0.717) is 6.54 Å². The van der Waals surface area contributed by atoms with E-state index < -0.39 is 12.1 Å². The molecule has 2 aliphatic rings. The molecule has 172 valence electrons. The van der Waals surface area contributed by atoms with Crippen LogP contribution in [0, 0.1) is 5.92 Å². The van der Waals surface area contributed by atoms with Crippen LogP contribution in [-0.4, -0.2) is 41.6 Å². The molecule has 1 unspecified atom stereocenters. The van der Waals surface area contributed by atoms with E-state index in [1.165, 1.54) is 48.0 Å². The van der Waals surface area contributed by atoms with Crippen LogP contribution in [0.2, 0.25) is 0 Å². The molecule has 0 bridgehead atoms. The van der Waals surface area contributed by atoms with E-state index in [-0.39, 0.29) is 17.9 Å². The van der Waals surface area contributed by atoms with Gasteiger partial charge in [-0.05, 0) is 73.3 Å². The smallest absolute Gasteiger partial charge is 0.407 e. The first-order chi connectivity index (χ1) is 15.4. The van der Waals surface area contributed by atoms with Crippen molar-refractivity contribution in [1.29, 1.82) is 0 Å². The second-order valence-electron chi connectivity index (χ2n) is 9.13. The summed E-state index contributed by atoms with van der Waals surface area (Å²) in [5.41, 5.74) is 6.35. The van der Waals surface area contributed by atoms with E-state index >= 15 is 0 Å². The molecule has 1 saturated heterocycles. The van der Waals surface area contributed by atoms with Crippen LogP contribution in [0.4, 0.5) is 4.79 Å². The summed E-state index contributed by atoms with van der Waals surface area (Å²) in [5.74, 6) is -0.0593. The lowest BCUT2D eigenvalue weighted by molar-refractivity contribution is -0.135. The molecule has 0 saturated carbocycles. The largest absolute Gasteiger partial charge is 0.453 e. The summed E-state index contributed by atoms with van der Waals surface area (Å²) in [6, 6.07) is 7.84. The Balaban J connectivity index is 1.68. The van der Waals surface area contributed by atoms with Gasteiger partial charge in [-0.1, -0.05) is 41.9 Å². The van der Waals surface area contributed by atoms with E-state index in [2.05, 4.69) is 50.5 Å². The molecule has 32 heavy (non-hydrogen) atoms. The molecule has 1 fully saturated rings. The Kier molecular flexibility index (Phi) is 6.93. The van der Waals surface area contributed by atoms with Gasteiger partial charge in [-0.25, -0.2) is 4.79 Å². The zero-order chi connectivity index (χ0) is 22.8. The number of fused-ring (bicyclic) bond motifs is 1. The highest BCUT2D eigenvalue weighted by Gasteiger charge is 2.38. The quantitative estimate of drug-likeness (QED) is 0.578. The van der Waals surface area contributed by atoms with Crippen LogP contribution in [0.5, 0.6) is 0 Å². The Labute approximate surface area is 198 Å². The number of rotatable bonds is 5. The maximum atomic E-state index is 13.5. The van der Waals surface area contributed by atoms with E-state index in [4.69, 9.17) is 4.74 Å². The average Bonchev–Trinajstić information content (AvgIpc) is 3.42. The van der Waals surface area contributed by atoms with Crippen LogP contribution in [0.1, 0.15) is 62.4 Å². The maximum absolute atomic E-state index is 13.5. The third-order valence-corrected chi connectivity index (χ3v) is 7.28. The predicted molar refractivity (Wildman–Crippen MR) is 128 cm³/mol. The number of hydrogen-bond acceptors (Lipinski definition) is 3.